The van der Waals surface area contributed by atoms with Crippen LogP contribution in [0.1, 0.15) is 46.0 Å². The normalized spacial score (nSPS) is 24.6. The van der Waals surface area contributed by atoms with E-state index in [4.69, 9.17) is 11.6 Å². The Morgan fingerprint density at radius 3 is 2.73 bits per heavy atom. The van der Waals surface area contributed by atoms with Crippen molar-refractivity contribution in [2.45, 2.75) is 46.0 Å². The Balaban J connectivity index is 2.20. The fraction of sp³-hybridized carbons (Fsp3) is 1.00. The van der Waals surface area contributed by atoms with E-state index >= 15 is 0 Å². The quantitative estimate of drug-likeness (QED) is 0.603. The molecule has 0 N–H and O–H groups in total. The maximum atomic E-state index is 5.90. The standard InChI is InChI=1S/C13H26ClN/c1-3-5-6-12(4-2)10-15-8-7-13(9-14)11-15/h12-13H,3-11H2,1-2H3. The van der Waals surface area contributed by atoms with E-state index < -0.39 is 0 Å². The molecule has 0 aliphatic carbocycles. The molecular formula is C13H26ClN. The lowest BCUT2D eigenvalue weighted by atomic mass is 9.99. The fourth-order valence-electron chi connectivity index (χ4n) is 2.49. The largest absolute Gasteiger partial charge is 0.303 e. The zero-order valence-corrected chi connectivity index (χ0v) is 11.1. The van der Waals surface area contributed by atoms with Gasteiger partial charge in [-0.15, -0.1) is 11.6 Å². The smallest absolute Gasteiger partial charge is 0.0264 e. The maximum Gasteiger partial charge on any atom is 0.0264 e. The van der Waals surface area contributed by atoms with Crippen molar-refractivity contribution in [3.05, 3.63) is 0 Å². The number of hydrogen-bond acceptors (Lipinski definition) is 1. The van der Waals surface area contributed by atoms with E-state index in [2.05, 4.69) is 18.7 Å². The summed E-state index contributed by atoms with van der Waals surface area (Å²) < 4.78 is 0. The Morgan fingerprint density at radius 1 is 1.40 bits per heavy atom. The van der Waals surface area contributed by atoms with Gasteiger partial charge in [-0.2, -0.15) is 0 Å². The highest BCUT2D eigenvalue weighted by Gasteiger charge is 2.23. The number of halogens is 1. The minimum atomic E-state index is 0.760. The van der Waals surface area contributed by atoms with E-state index in [9.17, 15) is 0 Å². The lowest BCUT2D eigenvalue weighted by Gasteiger charge is -2.22. The van der Waals surface area contributed by atoms with E-state index in [-0.39, 0.29) is 0 Å². The second-order valence-corrected chi connectivity index (χ2v) is 5.29. The van der Waals surface area contributed by atoms with Gasteiger partial charge in [0, 0.05) is 19.0 Å². The molecule has 2 atom stereocenters. The van der Waals surface area contributed by atoms with Gasteiger partial charge in [-0.05, 0) is 31.2 Å². The molecule has 15 heavy (non-hydrogen) atoms. The zero-order chi connectivity index (χ0) is 11.1. The van der Waals surface area contributed by atoms with Crippen LogP contribution in [0.25, 0.3) is 0 Å². The summed E-state index contributed by atoms with van der Waals surface area (Å²) in [6.07, 6.45) is 6.79. The summed E-state index contributed by atoms with van der Waals surface area (Å²) in [4.78, 5) is 2.62. The third-order valence-electron chi connectivity index (χ3n) is 3.65. The van der Waals surface area contributed by atoms with Crippen LogP contribution in [0.5, 0.6) is 0 Å². The Morgan fingerprint density at radius 2 is 2.20 bits per heavy atom. The number of hydrogen-bond donors (Lipinski definition) is 0. The molecular weight excluding hydrogens is 206 g/mol. The van der Waals surface area contributed by atoms with E-state index in [1.165, 1.54) is 51.7 Å². The molecule has 1 nitrogen and oxygen atoms in total. The van der Waals surface area contributed by atoms with Gasteiger partial charge >= 0.3 is 0 Å². The van der Waals surface area contributed by atoms with Crippen molar-refractivity contribution in [2.24, 2.45) is 11.8 Å². The summed E-state index contributed by atoms with van der Waals surface area (Å²) in [6, 6.07) is 0. The topological polar surface area (TPSA) is 3.24 Å². The molecule has 0 spiro atoms. The van der Waals surface area contributed by atoms with Crippen LogP contribution in [0.4, 0.5) is 0 Å². The van der Waals surface area contributed by atoms with Crippen LogP contribution < -0.4 is 0 Å². The van der Waals surface area contributed by atoms with Gasteiger partial charge in [0.1, 0.15) is 0 Å². The molecule has 0 amide bonds. The van der Waals surface area contributed by atoms with Crippen molar-refractivity contribution < 1.29 is 0 Å². The Kier molecular flexibility index (Phi) is 6.67. The number of unbranched alkanes of at least 4 members (excludes halogenated alkanes) is 1. The molecule has 0 radical (unpaired) electrons. The van der Waals surface area contributed by atoms with Gasteiger partial charge < -0.3 is 4.90 Å². The molecule has 1 saturated heterocycles. The van der Waals surface area contributed by atoms with E-state index in [1.807, 2.05) is 0 Å². The Hall–Kier alpha value is 0.250. The molecule has 1 aliphatic heterocycles. The molecule has 1 aliphatic rings. The number of likely N-dealkylation sites (tertiary alicyclic amines) is 1. The number of alkyl halides is 1. The monoisotopic (exact) mass is 231 g/mol. The van der Waals surface area contributed by atoms with Crippen molar-refractivity contribution in [3.63, 3.8) is 0 Å². The van der Waals surface area contributed by atoms with Crippen LogP contribution >= 0.6 is 11.6 Å². The van der Waals surface area contributed by atoms with Gasteiger partial charge in [-0.3, -0.25) is 0 Å². The van der Waals surface area contributed by atoms with Gasteiger partial charge in [0.25, 0.3) is 0 Å². The minimum absolute atomic E-state index is 0.760. The summed E-state index contributed by atoms with van der Waals surface area (Å²) in [5.74, 6) is 2.52. The molecule has 1 fully saturated rings. The van der Waals surface area contributed by atoms with Gasteiger partial charge in [-0.25, -0.2) is 0 Å². The predicted octanol–water partition coefficient (Wildman–Crippen LogP) is 3.76. The minimum Gasteiger partial charge on any atom is -0.303 e. The molecule has 1 heterocycles. The van der Waals surface area contributed by atoms with Gasteiger partial charge in [0.2, 0.25) is 0 Å². The summed E-state index contributed by atoms with van der Waals surface area (Å²) >= 11 is 5.90. The van der Waals surface area contributed by atoms with Crippen LogP contribution in [-0.2, 0) is 0 Å². The molecule has 2 unspecified atom stereocenters. The molecule has 1 rings (SSSR count). The van der Waals surface area contributed by atoms with Crippen molar-refractivity contribution >= 4 is 11.6 Å². The molecule has 0 bridgehead atoms. The molecule has 0 aromatic rings. The maximum absolute atomic E-state index is 5.90. The van der Waals surface area contributed by atoms with Crippen molar-refractivity contribution in [1.82, 2.24) is 4.90 Å². The molecule has 90 valence electrons. The van der Waals surface area contributed by atoms with Gasteiger partial charge in [-0.1, -0.05) is 33.1 Å². The van der Waals surface area contributed by atoms with Crippen LogP contribution in [-0.4, -0.2) is 30.4 Å². The molecule has 0 aromatic heterocycles. The van der Waals surface area contributed by atoms with Crippen LogP contribution in [0.3, 0.4) is 0 Å². The third kappa shape index (κ3) is 4.74. The molecule has 0 saturated carbocycles. The first kappa shape index (κ1) is 13.3. The van der Waals surface area contributed by atoms with Crippen LogP contribution in [0, 0.1) is 11.8 Å². The van der Waals surface area contributed by atoms with Gasteiger partial charge in [0.05, 0.1) is 0 Å². The third-order valence-corrected chi connectivity index (χ3v) is 4.08. The van der Waals surface area contributed by atoms with Crippen LogP contribution in [0.2, 0.25) is 0 Å². The van der Waals surface area contributed by atoms with E-state index in [0.29, 0.717) is 0 Å². The number of nitrogens with zero attached hydrogens (tertiary/aromatic N) is 1. The average Bonchev–Trinajstić information content (AvgIpc) is 2.71. The van der Waals surface area contributed by atoms with E-state index in [0.717, 1.165) is 17.7 Å². The summed E-state index contributed by atoms with van der Waals surface area (Å²) in [5.41, 5.74) is 0. The van der Waals surface area contributed by atoms with E-state index in [1.54, 1.807) is 0 Å². The lowest BCUT2D eigenvalue weighted by molar-refractivity contribution is 0.255. The molecule has 0 aromatic carbocycles. The highest BCUT2D eigenvalue weighted by atomic mass is 35.5. The highest BCUT2D eigenvalue weighted by molar-refractivity contribution is 6.18. The second kappa shape index (κ2) is 7.51. The van der Waals surface area contributed by atoms with Crippen LogP contribution in [0.15, 0.2) is 0 Å². The number of rotatable bonds is 7. The summed E-state index contributed by atoms with van der Waals surface area (Å²) in [7, 11) is 0. The first-order valence-corrected chi connectivity index (χ1v) is 7.11. The lowest BCUT2D eigenvalue weighted by Crippen LogP contribution is -2.27. The SMILES string of the molecule is CCCCC(CC)CN1CCC(CCl)C1. The summed E-state index contributed by atoms with van der Waals surface area (Å²) in [5, 5.41) is 0. The van der Waals surface area contributed by atoms with Crippen molar-refractivity contribution in [2.75, 3.05) is 25.5 Å². The second-order valence-electron chi connectivity index (χ2n) is 4.99. The summed E-state index contributed by atoms with van der Waals surface area (Å²) in [6.45, 7) is 8.44. The zero-order valence-electron chi connectivity index (χ0n) is 10.3. The molecule has 2 heteroatoms. The Bertz CT molecular complexity index is 161. The predicted molar refractivity (Wildman–Crippen MR) is 68.6 cm³/mol. The van der Waals surface area contributed by atoms with Gasteiger partial charge in [0.15, 0.2) is 0 Å². The average molecular weight is 232 g/mol. The van der Waals surface area contributed by atoms with Crippen molar-refractivity contribution in [3.8, 4) is 0 Å². The highest BCUT2D eigenvalue weighted by Crippen LogP contribution is 2.21. The van der Waals surface area contributed by atoms with Crippen molar-refractivity contribution in [1.29, 1.82) is 0 Å². The fourth-order valence-corrected chi connectivity index (χ4v) is 2.74. The first-order valence-electron chi connectivity index (χ1n) is 6.58. The Labute approximate surface area is 100 Å². The first-order chi connectivity index (χ1) is 7.30.